The standard InChI is InChI=1S/C16H13BrN2O2/c1-11-2-4-12(5-3-11)16-19-18-15(21-16)10-20-14-8-6-13(17)7-9-14/h2-9H,10H2,1H3. The van der Waals surface area contributed by atoms with E-state index in [1.54, 1.807) is 0 Å². The van der Waals surface area contributed by atoms with Crippen LogP contribution in [0.4, 0.5) is 0 Å². The van der Waals surface area contributed by atoms with Gasteiger partial charge in [0.2, 0.25) is 5.89 Å². The fraction of sp³-hybridized carbons (Fsp3) is 0.125. The van der Waals surface area contributed by atoms with Crippen LogP contribution in [0.1, 0.15) is 11.5 Å². The molecule has 106 valence electrons. The first-order valence-electron chi connectivity index (χ1n) is 6.48. The molecular formula is C16H13BrN2O2. The molecule has 0 radical (unpaired) electrons. The molecule has 4 nitrogen and oxygen atoms in total. The smallest absolute Gasteiger partial charge is 0.254 e. The Morgan fingerprint density at radius 2 is 1.71 bits per heavy atom. The molecule has 0 bridgehead atoms. The fourth-order valence-electron chi connectivity index (χ4n) is 1.80. The zero-order valence-corrected chi connectivity index (χ0v) is 13.0. The van der Waals surface area contributed by atoms with Crippen molar-refractivity contribution < 1.29 is 9.15 Å². The first kappa shape index (κ1) is 13.8. The number of benzene rings is 2. The van der Waals surface area contributed by atoms with Crippen LogP contribution in [0.2, 0.25) is 0 Å². The quantitative estimate of drug-likeness (QED) is 0.704. The molecule has 0 aliphatic rings. The van der Waals surface area contributed by atoms with Crippen LogP contribution in [0.15, 0.2) is 57.4 Å². The van der Waals surface area contributed by atoms with Crippen LogP contribution in [-0.2, 0) is 6.61 Å². The molecule has 0 N–H and O–H groups in total. The van der Waals surface area contributed by atoms with E-state index >= 15 is 0 Å². The molecule has 3 rings (SSSR count). The number of rotatable bonds is 4. The number of nitrogens with zero attached hydrogens (tertiary/aromatic N) is 2. The van der Waals surface area contributed by atoms with Gasteiger partial charge in [-0.25, -0.2) is 0 Å². The Kier molecular flexibility index (Phi) is 4.01. The van der Waals surface area contributed by atoms with Crippen molar-refractivity contribution in [1.29, 1.82) is 0 Å². The molecule has 0 saturated carbocycles. The molecule has 21 heavy (non-hydrogen) atoms. The molecule has 0 unspecified atom stereocenters. The Morgan fingerprint density at radius 1 is 1.00 bits per heavy atom. The van der Waals surface area contributed by atoms with Crippen LogP contribution in [0, 0.1) is 6.92 Å². The topological polar surface area (TPSA) is 48.2 Å². The van der Waals surface area contributed by atoms with Crippen molar-refractivity contribution in [1.82, 2.24) is 10.2 Å². The third kappa shape index (κ3) is 3.49. The van der Waals surface area contributed by atoms with E-state index in [9.17, 15) is 0 Å². The molecule has 5 heteroatoms. The summed E-state index contributed by atoms with van der Waals surface area (Å²) in [4.78, 5) is 0. The Bertz CT molecular complexity index is 721. The van der Waals surface area contributed by atoms with Crippen molar-refractivity contribution >= 4 is 15.9 Å². The van der Waals surface area contributed by atoms with Gasteiger partial charge in [0.15, 0.2) is 6.61 Å². The lowest BCUT2D eigenvalue weighted by Crippen LogP contribution is -1.95. The molecule has 2 aromatic carbocycles. The highest BCUT2D eigenvalue weighted by Gasteiger charge is 2.08. The number of hydrogen-bond donors (Lipinski definition) is 0. The lowest BCUT2D eigenvalue weighted by Gasteiger charge is -2.02. The second kappa shape index (κ2) is 6.10. The highest BCUT2D eigenvalue weighted by atomic mass is 79.9. The Balaban J connectivity index is 1.67. The number of aryl methyl sites for hydroxylation is 1. The van der Waals surface area contributed by atoms with Gasteiger partial charge in [-0.05, 0) is 43.3 Å². The zero-order chi connectivity index (χ0) is 14.7. The minimum atomic E-state index is 0.250. The van der Waals surface area contributed by atoms with Gasteiger partial charge in [-0.1, -0.05) is 33.6 Å². The molecule has 0 amide bonds. The van der Waals surface area contributed by atoms with Gasteiger partial charge < -0.3 is 9.15 Å². The van der Waals surface area contributed by atoms with E-state index in [1.807, 2.05) is 55.5 Å². The maximum atomic E-state index is 5.60. The van der Waals surface area contributed by atoms with Crippen LogP contribution in [0.3, 0.4) is 0 Å². The number of halogens is 1. The van der Waals surface area contributed by atoms with Gasteiger partial charge in [-0.15, -0.1) is 10.2 Å². The second-order valence-electron chi connectivity index (χ2n) is 4.61. The normalized spacial score (nSPS) is 10.6. The molecule has 1 aromatic heterocycles. The van der Waals surface area contributed by atoms with Crippen molar-refractivity contribution in [3.05, 3.63) is 64.5 Å². The molecule has 0 fully saturated rings. The second-order valence-corrected chi connectivity index (χ2v) is 5.53. The van der Waals surface area contributed by atoms with E-state index in [0.29, 0.717) is 11.8 Å². The van der Waals surface area contributed by atoms with Crippen molar-refractivity contribution in [2.24, 2.45) is 0 Å². The maximum Gasteiger partial charge on any atom is 0.254 e. The number of aromatic nitrogens is 2. The highest BCUT2D eigenvalue weighted by molar-refractivity contribution is 9.10. The Hall–Kier alpha value is -2.14. The van der Waals surface area contributed by atoms with Gasteiger partial charge in [0.05, 0.1) is 0 Å². The average Bonchev–Trinajstić information content (AvgIpc) is 2.96. The molecular weight excluding hydrogens is 332 g/mol. The largest absolute Gasteiger partial charge is 0.484 e. The van der Waals surface area contributed by atoms with Crippen molar-refractivity contribution in [3.8, 4) is 17.2 Å². The summed E-state index contributed by atoms with van der Waals surface area (Å²) >= 11 is 3.38. The Morgan fingerprint density at radius 3 is 2.43 bits per heavy atom. The maximum absolute atomic E-state index is 5.60. The van der Waals surface area contributed by atoms with Gasteiger partial charge >= 0.3 is 0 Å². The van der Waals surface area contributed by atoms with Crippen LogP contribution in [0.5, 0.6) is 5.75 Å². The lowest BCUT2D eigenvalue weighted by molar-refractivity contribution is 0.264. The van der Waals surface area contributed by atoms with Gasteiger partial charge in [0, 0.05) is 10.0 Å². The van der Waals surface area contributed by atoms with Crippen LogP contribution >= 0.6 is 15.9 Å². The number of hydrogen-bond acceptors (Lipinski definition) is 4. The van der Waals surface area contributed by atoms with Gasteiger partial charge in [0.25, 0.3) is 5.89 Å². The first-order valence-corrected chi connectivity index (χ1v) is 7.28. The van der Waals surface area contributed by atoms with Gasteiger partial charge in [-0.3, -0.25) is 0 Å². The molecule has 0 aliphatic heterocycles. The predicted molar refractivity (Wildman–Crippen MR) is 82.9 cm³/mol. The van der Waals surface area contributed by atoms with E-state index in [2.05, 4.69) is 26.1 Å². The summed E-state index contributed by atoms with van der Waals surface area (Å²) < 4.78 is 12.2. The van der Waals surface area contributed by atoms with Crippen molar-refractivity contribution in [2.75, 3.05) is 0 Å². The zero-order valence-electron chi connectivity index (χ0n) is 11.4. The minimum Gasteiger partial charge on any atom is -0.484 e. The molecule has 0 atom stereocenters. The minimum absolute atomic E-state index is 0.250. The molecule has 0 spiro atoms. The first-order chi connectivity index (χ1) is 10.2. The summed E-state index contributed by atoms with van der Waals surface area (Å²) in [6.07, 6.45) is 0. The molecule has 1 heterocycles. The lowest BCUT2D eigenvalue weighted by atomic mass is 10.1. The SMILES string of the molecule is Cc1ccc(-c2nnc(COc3ccc(Br)cc3)o2)cc1. The third-order valence-corrected chi connectivity index (χ3v) is 3.47. The monoisotopic (exact) mass is 344 g/mol. The third-order valence-electron chi connectivity index (χ3n) is 2.94. The van der Waals surface area contributed by atoms with Crippen molar-refractivity contribution in [3.63, 3.8) is 0 Å². The van der Waals surface area contributed by atoms with E-state index in [4.69, 9.17) is 9.15 Å². The summed E-state index contributed by atoms with van der Waals surface area (Å²) in [6.45, 7) is 2.29. The predicted octanol–water partition coefficient (Wildman–Crippen LogP) is 4.39. The van der Waals surface area contributed by atoms with E-state index in [0.717, 1.165) is 15.8 Å². The van der Waals surface area contributed by atoms with Gasteiger partial charge in [-0.2, -0.15) is 0 Å². The van der Waals surface area contributed by atoms with Gasteiger partial charge in [0.1, 0.15) is 5.75 Å². The summed E-state index contributed by atoms with van der Waals surface area (Å²) in [6, 6.07) is 15.5. The summed E-state index contributed by atoms with van der Waals surface area (Å²) in [5, 5.41) is 8.04. The number of ether oxygens (including phenoxy) is 1. The summed E-state index contributed by atoms with van der Waals surface area (Å²) in [5.41, 5.74) is 2.10. The van der Waals surface area contributed by atoms with E-state index in [1.165, 1.54) is 5.56 Å². The summed E-state index contributed by atoms with van der Waals surface area (Å²) in [5.74, 6) is 1.71. The van der Waals surface area contributed by atoms with Crippen LogP contribution in [-0.4, -0.2) is 10.2 Å². The van der Waals surface area contributed by atoms with E-state index in [-0.39, 0.29) is 6.61 Å². The van der Waals surface area contributed by atoms with E-state index < -0.39 is 0 Å². The molecule has 0 saturated heterocycles. The Labute approximate surface area is 130 Å². The molecule has 0 aliphatic carbocycles. The van der Waals surface area contributed by atoms with Crippen LogP contribution < -0.4 is 4.74 Å². The average molecular weight is 345 g/mol. The summed E-state index contributed by atoms with van der Waals surface area (Å²) in [7, 11) is 0. The fourth-order valence-corrected chi connectivity index (χ4v) is 2.06. The van der Waals surface area contributed by atoms with Crippen LogP contribution in [0.25, 0.3) is 11.5 Å². The van der Waals surface area contributed by atoms with Crippen molar-refractivity contribution in [2.45, 2.75) is 13.5 Å². The molecule has 3 aromatic rings. The highest BCUT2D eigenvalue weighted by Crippen LogP contribution is 2.20.